The number of aromatic nitrogens is 1. The van der Waals surface area contributed by atoms with Crippen molar-refractivity contribution in [2.24, 2.45) is 0 Å². The zero-order valence-electron chi connectivity index (χ0n) is 12.0. The number of aliphatic hydroxyl groups excluding tert-OH is 1. The van der Waals surface area contributed by atoms with E-state index in [1.54, 1.807) is 6.07 Å². The second-order valence-electron chi connectivity index (χ2n) is 5.60. The molecule has 3 N–H and O–H groups in total. The van der Waals surface area contributed by atoms with Gasteiger partial charge in [-0.15, -0.1) is 0 Å². The summed E-state index contributed by atoms with van der Waals surface area (Å²) >= 11 is 0. The number of hydrogen-bond acceptors (Lipinski definition) is 4. The Morgan fingerprint density at radius 2 is 2.21 bits per heavy atom. The molecule has 0 bridgehead atoms. The highest BCUT2D eigenvalue weighted by Gasteiger charge is 2.20. The quantitative estimate of drug-likeness (QED) is 0.765. The van der Waals surface area contributed by atoms with E-state index >= 15 is 0 Å². The summed E-state index contributed by atoms with van der Waals surface area (Å²) in [5.41, 5.74) is -0.152. The topological polar surface area (TPSA) is 87.4 Å². The van der Waals surface area contributed by atoms with Crippen molar-refractivity contribution in [3.8, 4) is 0 Å². The van der Waals surface area contributed by atoms with Gasteiger partial charge in [0.2, 0.25) is 0 Å². The summed E-state index contributed by atoms with van der Waals surface area (Å²) in [4.78, 5) is 11.6. The van der Waals surface area contributed by atoms with Crippen molar-refractivity contribution in [1.82, 2.24) is 10.5 Å². The Morgan fingerprint density at radius 3 is 2.74 bits per heavy atom. The SMILES string of the molecule is CCCC(O)CNC(=O)Nc1cc(C(C)(C)C)on1. The largest absolute Gasteiger partial charge is 0.391 e. The highest BCUT2D eigenvalue weighted by atomic mass is 16.5. The minimum absolute atomic E-state index is 0.152. The van der Waals surface area contributed by atoms with Crippen LogP contribution in [0.1, 0.15) is 46.3 Å². The Morgan fingerprint density at radius 1 is 1.53 bits per heavy atom. The van der Waals surface area contributed by atoms with Gasteiger partial charge in [0, 0.05) is 18.0 Å². The summed E-state index contributed by atoms with van der Waals surface area (Å²) in [6.07, 6.45) is 1.03. The van der Waals surface area contributed by atoms with Crippen molar-refractivity contribution in [2.75, 3.05) is 11.9 Å². The van der Waals surface area contributed by atoms with E-state index < -0.39 is 12.1 Å². The number of nitrogens with zero attached hydrogens (tertiary/aromatic N) is 1. The van der Waals surface area contributed by atoms with Gasteiger partial charge in [-0.2, -0.15) is 0 Å². The number of urea groups is 1. The number of amides is 2. The number of aliphatic hydroxyl groups is 1. The molecule has 0 radical (unpaired) electrons. The maximum absolute atomic E-state index is 11.6. The van der Waals surface area contributed by atoms with Gasteiger partial charge in [0.1, 0.15) is 5.76 Å². The fourth-order valence-electron chi connectivity index (χ4n) is 1.49. The molecule has 1 atom stereocenters. The van der Waals surface area contributed by atoms with Gasteiger partial charge in [-0.3, -0.25) is 5.32 Å². The van der Waals surface area contributed by atoms with Crippen molar-refractivity contribution in [2.45, 2.75) is 52.1 Å². The number of carbonyl (C=O) groups is 1. The van der Waals surface area contributed by atoms with Crippen LogP contribution in [0.25, 0.3) is 0 Å². The zero-order valence-corrected chi connectivity index (χ0v) is 12.0. The molecule has 0 aliphatic carbocycles. The summed E-state index contributed by atoms with van der Waals surface area (Å²) < 4.78 is 5.15. The lowest BCUT2D eigenvalue weighted by molar-refractivity contribution is 0.162. The van der Waals surface area contributed by atoms with Gasteiger partial charge in [0.15, 0.2) is 5.82 Å². The second-order valence-corrected chi connectivity index (χ2v) is 5.60. The van der Waals surface area contributed by atoms with Crippen molar-refractivity contribution in [3.05, 3.63) is 11.8 Å². The lowest BCUT2D eigenvalue weighted by Gasteiger charge is -2.12. The molecule has 1 aromatic rings. The van der Waals surface area contributed by atoms with Crippen LogP contribution in [0.15, 0.2) is 10.6 Å². The minimum atomic E-state index is -0.516. The number of carbonyl (C=O) groups excluding carboxylic acids is 1. The van der Waals surface area contributed by atoms with Gasteiger partial charge in [0.05, 0.1) is 6.10 Å². The maximum atomic E-state index is 11.6. The molecule has 0 aliphatic heterocycles. The average Bonchev–Trinajstić information content (AvgIpc) is 2.75. The van der Waals surface area contributed by atoms with Gasteiger partial charge in [-0.05, 0) is 6.42 Å². The Bertz CT molecular complexity index is 410. The van der Waals surface area contributed by atoms with E-state index in [4.69, 9.17) is 4.52 Å². The molecule has 1 rings (SSSR count). The Labute approximate surface area is 113 Å². The summed E-state index contributed by atoms with van der Waals surface area (Å²) in [6.45, 7) is 8.20. The van der Waals surface area contributed by atoms with Crippen LogP contribution in [0.5, 0.6) is 0 Å². The summed E-state index contributed by atoms with van der Waals surface area (Å²) in [7, 11) is 0. The predicted molar refractivity (Wildman–Crippen MR) is 73.1 cm³/mol. The highest BCUT2D eigenvalue weighted by molar-refractivity contribution is 5.88. The summed E-state index contributed by atoms with van der Waals surface area (Å²) in [5.74, 6) is 1.07. The van der Waals surface area contributed by atoms with Gasteiger partial charge in [-0.25, -0.2) is 4.79 Å². The van der Waals surface area contributed by atoms with Crippen LogP contribution in [0, 0.1) is 0 Å². The molecule has 0 fully saturated rings. The molecular weight excluding hydrogens is 246 g/mol. The molecule has 6 heteroatoms. The van der Waals surface area contributed by atoms with Gasteiger partial charge in [-0.1, -0.05) is 39.3 Å². The van der Waals surface area contributed by atoms with Crippen LogP contribution in [-0.4, -0.2) is 28.9 Å². The van der Waals surface area contributed by atoms with Crippen LogP contribution >= 0.6 is 0 Å². The third kappa shape index (κ3) is 5.30. The molecule has 0 spiro atoms. The smallest absolute Gasteiger partial charge is 0.320 e. The first-order valence-electron chi connectivity index (χ1n) is 6.53. The van der Waals surface area contributed by atoms with Crippen LogP contribution < -0.4 is 10.6 Å². The lowest BCUT2D eigenvalue weighted by atomic mass is 9.93. The van der Waals surface area contributed by atoms with Crippen LogP contribution in [0.3, 0.4) is 0 Å². The average molecular weight is 269 g/mol. The Kier molecular flexibility index (Phi) is 5.35. The van der Waals surface area contributed by atoms with Crippen LogP contribution in [0.4, 0.5) is 10.6 Å². The van der Waals surface area contributed by atoms with E-state index in [-0.39, 0.29) is 12.0 Å². The number of anilines is 1. The predicted octanol–water partition coefficient (Wildman–Crippen LogP) is 2.25. The molecule has 0 saturated carbocycles. The first kappa shape index (κ1) is 15.5. The van der Waals surface area contributed by atoms with E-state index in [9.17, 15) is 9.90 Å². The van der Waals surface area contributed by atoms with E-state index in [0.29, 0.717) is 18.0 Å². The second kappa shape index (κ2) is 6.56. The zero-order chi connectivity index (χ0) is 14.5. The van der Waals surface area contributed by atoms with Crippen LogP contribution in [0.2, 0.25) is 0 Å². The molecule has 19 heavy (non-hydrogen) atoms. The molecule has 0 aliphatic rings. The fourth-order valence-corrected chi connectivity index (χ4v) is 1.49. The number of nitrogens with one attached hydrogen (secondary N) is 2. The molecule has 0 saturated heterocycles. The Hall–Kier alpha value is -1.56. The van der Waals surface area contributed by atoms with Crippen molar-refractivity contribution in [3.63, 3.8) is 0 Å². The van der Waals surface area contributed by atoms with Gasteiger partial charge < -0.3 is 14.9 Å². The molecule has 1 aromatic heterocycles. The normalized spacial score (nSPS) is 13.1. The maximum Gasteiger partial charge on any atom is 0.320 e. The molecule has 6 nitrogen and oxygen atoms in total. The number of rotatable bonds is 5. The van der Waals surface area contributed by atoms with Crippen molar-refractivity contribution < 1.29 is 14.4 Å². The number of hydrogen-bond donors (Lipinski definition) is 3. The minimum Gasteiger partial charge on any atom is -0.391 e. The van der Waals surface area contributed by atoms with Gasteiger partial charge in [0.25, 0.3) is 0 Å². The highest BCUT2D eigenvalue weighted by Crippen LogP contribution is 2.24. The monoisotopic (exact) mass is 269 g/mol. The molecule has 1 unspecified atom stereocenters. The van der Waals surface area contributed by atoms with Gasteiger partial charge >= 0.3 is 6.03 Å². The van der Waals surface area contributed by atoms with Crippen molar-refractivity contribution >= 4 is 11.8 Å². The first-order chi connectivity index (χ1) is 8.82. The van der Waals surface area contributed by atoms with E-state index in [1.807, 2.05) is 27.7 Å². The van der Waals surface area contributed by atoms with Crippen LogP contribution in [-0.2, 0) is 5.41 Å². The molecule has 2 amide bonds. The van der Waals surface area contributed by atoms with Crippen molar-refractivity contribution in [1.29, 1.82) is 0 Å². The molecule has 0 aromatic carbocycles. The fraction of sp³-hybridized carbons (Fsp3) is 0.692. The van der Waals surface area contributed by atoms with E-state index in [1.165, 1.54) is 0 Å². The standard InChI is InChI=1S/C13H23N3O3/c1-5-6-9(17)8-14-12(18)15-11-7-10(19-16-11)13(2,3)4/h7,9,17H,5-6,8H2,1-4H3,(H2,14,15,16,18). The molecule has 1 heterocycles. The molecular formula is C13H23N3O3. The third-order valence-electron chi connectivity index (χ3n) is 2.61. The lowest BCUT2D eigenvalue weighted by Crippen LogP contribution is -2.35. The third-order valence-corrected chi connectivity index (χ3v) is 2.61. The summed E-state index contributed by atoms with van der Waals surface area (Å²) in [6, 6.07) is 1.30. The first-order valence-corrected chi connectivity index (χ1v) is 6.53. The molecule has 108 valence electrons. The van der Waals surface area contributed by atoms with E-state index in [2.05, 4.69) is 15.8 Å². The Balaban J connectivity index is 2.42. The van der Waals surface area contributed by atoms with E-state index in [0.717, 1.165) is 6.42 Å². The summed E-state index contributed by atoms with van der Waals surface area (Å²) in [5, 5.41) is 18.4.